The molecular weight excluding hydrogens is 256 g/mol. The Morgan fingerprint density at radius 2 is 2.00 bits per heavy atom. The molecule has 1 unspecified atom stereocenters. The molecule has 0 radical (unpaired) electrons. The van der Waals surface area contributed by atoms with E-state index >= 15 is 0 Å². The van der Waals surface area contributed by atoms with Crippen molar-refractivity contribution in [3.8, 4) is 0 Å². The summed E-state index contributed by atoms with van der Waals surface area (Å²) in [5.74, 6) is -3.99. The van der Waals surface area contributed by atoms with Crippen LogP contribution in [0.25, 0.3) is 0 Å². The van der Waals surface area contributed by atoms with Crippen molar-refractivity contribution in [3.63, 3.8) is 0 Å². The van der Waals surface area contributed by atoms with E-state index in [-0.39, 0.29) is 18.7 Å². The summed E-state index contributed by atoms with van der Waals surface area (Å²) in [5.41, 5.74) is -0.110. The summed E-state index contributed by atoms with van der Waals surface area (Å²) < 4.78 is 26.5. The van der Waals surface area contributed by atoms with E-state index in [2.05, 4.69) is 0 Å². The Hall–Kier alpha value is -1.98. The Bertz CT molecular complexity index is 491. The highest BCUT2D eigenvalue weighted by molar-refractivity contribution is 5.93. The van der Waals surface area contributed by atoms with E-state index < -0.39 is 29.4 Å². The van der Waals surface area contributed by atoms with Gasteiger partial charge in [-0.3, -0.25) is 9.59 Å². The molecule has 1 N–H and O–H groups in total. The van der Waals surface area contributed by atoms with E-state index in [0.29, 0.717) is 6.07 Å². The number of carbonyl (C=O) groups is 2. The van der Waals surface area contributed by atoms with Crippen LogP contribution in [0.5, 0.6) is 0 Å². The third kappa shape index (κ3) is 3.74. The number of anilines is 1. The first-order valence-corrected chi connectivity index (χ1v) is 5.85. The molecule has 1 aromatic rings. The van der Waals surface area contributed by atoms with Crippen molar-refractivity contribution in [2.75, 3.05) is 11.4 Å². The maximum Gasteiger partial charge on any atom is 0.308 e. The molecule has 0 spiro atoms. The predicted octanol–water partition coefficient (Wildman–Crippen LogP) is 2.43. The Morgan fingerprint density at radius 3 is 2.47 bits per heavy atom. The number of hydrogen-bond donors (Lipinski definition) is 1. The number of carboxylic acid groups (broad SMARTS) is 1. The van der Waals surface area contributed by atoms with Crippen molar-refractivity contribution in [1.29, 1.82) is 0 Å². The van der Waals surface area contributed by atoms with Gasteiger partial charge in [-0.1, -0.05) is 13.8 Å². The van der Waals surface area contributed by atoms with Gasteiger partial charge in [-0.2, -0.15) is 0 Å². The number of nitrogens with zero attached hydrogens (tertiary/aromatic N) is 1. The van der Waals surface area contributed by atoms with Gasteiger partial charge in [0.15, 0.2) is 0 Å². The molecule has 0 bridgehead atoms. The minimum absolute atomic E-state index is 0.100. The number of amides is 1. The van der Waals surface area contributed by atoms with Crippen molar-refractivity contribution in [2.24, 2.45) is 5.92 Å². The molecule has 1 atom stereocenters. The van der Waals surface area contributed by atoms with Crippen LogP contribution < -0.4 is 4.90 Å². The smallest absolute Gasteiger partial charge is 0.308 e. The van der Waals surface area contributed by atoms with Crippen LogP contribution in [0.15, 0.2) is 18.2 Å². The van der Waals surface area contributed by atoms with Gasteiger partial charge < -0.3 is 10.0 Å². The Morgan fingerprint density at radius 1 is 1.37 bits per heavy atom. The molecule has 1 rings (SSSR count). The minimum Gasteiger partial charge on any atom is -0.481 e. The fourth-order valence-corrected chi connectivity index (χ4v) is 1.58. The molecule has 6 heteroatoms. The second-order valence-corrected chi connectivity index (χ2v) is 4.19. The zero-order valence-corrected chi connectivity index (χ0v) is 10.7. The van der Waals surface area contributed by atoms with E-state index in [1.807, 2.05) is 0 Å². The summed E-state index contributed by atoms with van der Waals surface area (Å²) in [5, 5.41) is 8.85. The fraction of sp³-hybridized carbons (Fsp3) is 0.385. The number of aliphatic carboxylic acids is 1. The molecule has 1 aromatic carbocycles. The van der Waals surface area contributed by atoms with Crippen LogP contribution in [0.2, 0.25) is 0 Å². The van der Waals surface area contributed by atoms with Gasteiger partial charge >= 0.3 is 5.97 Å². The number of rotatable bonds is 5. The highest BCUT2D eigenvalue weighted by Crippen LogP contribution is 2.22. The zero-order chi connectivity index (χ0) is 14.6. The molecule has 0 aromatic heterocycles. The SMILES string of the molecule is CCC(=O)N(CC(C)C(=O)O)c1ccc(F)cc1F. The van der Waals surface area contributed by atoms with Crippen molar-refractivity contribution >= 4 is 17.6 Å². The van der Waals surface area contributed by atoms with E-state index in [1.54, 1.807) is 6.92 Å². The Balaban J connectivity index is 3.09. The van der Waals surface area contributed by atoms with E-state index in [9.17, 15) is 18.4 Å². The fourth-order valence-electron chi connectivity index (χ4n) is 1.58. The second-order valence-electron chi connectivity index (χ2n) is 4.19. The van der Waals surface area contributed by atoms with Gasteiger partial charge in [0.1, 0.15) is 11.6 Å². The number of carbonyl (C=O) groups excluding carboxylic acids is 1. The van der Waals surface area contributed by atoms with Gasteiger partial charge in [0.25, 0.3) is 0 Å². The van der Waals surface area contributed by atoms with Crippen molar-refractivity contribution in [1.82, 2.24) is 0 Å². The first-order valence-electron chi connectivity index (χ1n) is 5.85. The summed E-state index contributed by atoms with van der Waals surface area (Å²) in [7, 11) is 0. The van der Waals surface area contributed by atoms with E-state index in [1.165, 1.54) is 6.92 Å². The quantitative estimate of drug-likeness (QED) is 0.894. The lowest BCUT2D eigenvalue weighted by atomic mass is 10.1. The summed E-state index contributed by atoms with van der Waals surface area (Å²) >= 11 is 0. The van der Waals surface area contributed by atoms with Crippen LogP contribution in [0.1, 0.15) is 20.3 Å². The first-order chi connectivity index (χ1) is 8.86. The summed E-state index contributed by atoms with van der Waals surface area (Å²) in [6.45, 7) is 2.84. The van der Waals surface area contributed by atoms with Crippen LogP contribution in [0.3, 0.4) is 0 Å². The third-order valence-corrected chi connectivity index (χ3v) is 2.68. The number of benzene rings is 1. The third-order valence-electron chi connectivity index (χ3n) is 2.68. The Kier molecular flexibility index (Phi) is 4.97. The Labute approximate surface area is 109 Å². The molecule has 0 aliphatic rings. The van der Waals surface area contributed by atoms with Gasteiger partial charge in [0, 0.05) is 19.0 Å². The van der Waals surface area contributed by atoms with Crippen molar-refractivity contribution < 1.29 is 23.5 Å². The lowest BCUT2D eigenvalue weighted by Gasteiger charge is -2.24. The normalized spacial score (nSPS) is 12.0. The first kappa shape index (κ1) is 15.1. The summed E-state index contributed by atoms with van der Waals surface area (Å²) in [4.78, 5) is 23.6. The molecule has 1 amide bonds. The molecule has 0 aliphatic carbocycles. The molecule has 0 saturated heterocycles. The lowest BCUT2D eigenvalue weighted by molar-refractivity contribution is -0.140. The molecule has 4 nitrogen and oxygen atoms in total. The van der Waals surface area contributed by atoms with Crippen LogP contribution in [-0.4, -0.2) is 23.5 Å². The summed E-state index contributed by atoms with van der Waals surface area (Å²) in [6, 6.07) is 2.82. The van der Waals surface area contributed by atoms with Crippen LogP contribution in [0, 0.1) is 17.6 Å². The molecule has 19 heavy (non-hydrogen) atoms. The molecule has 0 heterocycles. The van der Waals surface area contributed by atoms with E-state index in [0.717, 1.165) is 17.0 Å². The predicted molar refractivity (Wildman–Crippen MR) is 65.8 cm³/mol. The largest absolute Gasteiger partial charge is 0.481 e. The zero-order valence-electron chi connectivity index (χ0n) is 10.7. The standard InChI is InChI=1S/C13H15F2NO3/c1-3-12(17)16(7-8(2)13(18)19)11-5-4-9(14)6-10(11)15/h4-6,8H,3,7H2,1-2H3,(H,18,19). The molecule has 104 valence electrons. The monoisotopic (exact) mass is 271 g/mol. The van der Waals surface area contributed by atoms with Crippen LogP contribution in [-0.2, 0) is 9.59 Å². The number of carboxylic acids is 1. The average molecular weight is 271 g/mol. The van der Waals surface area contributed by atoms with Crippen molar-refractivity contribution in [2.45, 2.75) is 20.3 Å². The molecular formula is C13H15F2NO3. The highest BCUT2D eigenvalue weighted by Gasteiger charge is 2.23. The lowest BCUT2D eigenvalue weighted by Crippen LogP contribution is -2.37. The summed E-state index contributed by atoms with van der Waals surface area (Å²) in [6.07, 6.45) is 0.100. The van der Waals surface area contributed by atoms with Crippen molar-refractivity contribution in [3.05, 3.63) is 29.8 Å². The molecule has 0 aliphatic heterocycles. The van der Waals surface area contributed by atoms with Crippen LogP contribution >= 0.6 is 0 Å². The van der Waals surface area contributed by atoms with Gasteiger partial charge in [0.05, 0.1) is 11.6 Å². The van der Waals surface area contributed by atoms with E-state index in [4.69, 9.17) is 5.11 Å². The maximum atomic E-state index is 13.7. The van der Waals surface area contributed by atoms with Crippen LogP contribution in [0.4, 0.5) is 14.5 Å². The average Bonchev–Trinajstić information content (AvgIpc) is 2.35. The molecule has 0 fully saturated rings. The van der Waals surface area contributed by atoms with Gasteiger partial charge in [-0.25, -0.2) is 8.78 Å². The topological polar surface area (TPSA) is 57.6 Å². The second kappa shape index (κ2) is 6.26. The number of halogens is 2. The number of hydrogen-bond acceptors (Lipinski definition) is 2. The van der Waals surface area contributed by atoms with Gasteiger partial charge in [0.2, 0.25) is 5.91 Å². The highest BCUT2D eigenvalue weighted by atomic mass is 19.1. The molecule has 0 saturated carbocycles. The maximum absolute atomic E-state index is 13.7. The van der Waals surface area contributed by atoms with Gasteiger partial charge in [-0.05, 0) is 12.1 Å². The van der Waals surface area contributed by atoms with Gasteiger partial charge in [-0.15, -0.1) is 0 Å². The minimum atomic E-state index is -1.09.